The summed E-state index contributed by atoms with van der Waals surface area (Å²) in [6.07, 6.45) is 0.566. The number of hydrogen-bond acceptors (Lipinski definition) is 5. The Bertz CT molecular complexity index is 730. The average molecular weight is 358 g/mol. The third-order valence-electron chi connectivity index (χ3n) is 4.48. The van der Waals surface area contributed by atoms with Crippen LogP contribution in [0.15, 0.2) is 12.1 Å². The van der Waals surface area contributed by atoms with Crippen LogP contribution in [-0.4, -0.2) is 43.5 Å². The smallest absolute Gasteiger partial charge is 0.220 e. The molecule has 2 aromatic rings. The summed E-state index contributed by atoms with van der Waals surface area (Å²) in [5.41, 5.74) is 7.14. The van der Waals surface area contributed by atoms with Gasteiger partial charge in [0.15, 0.2) is 0 Å². The highest BCUT2D eigenvalue weighted by molar-refractivity contribution is 5.42. The Morgan fingerprint density at radius 3 is 2.00 bits per heavy atom. The van der Waals surface area contributed by atoms with Crippen molar-refractivity contribution < 1.29 is 14.2 Å². The van der Waals surface area contributed by atoms with E-state index in [1.807, 2.05) is 13.8 Å². The number of nitrogens with zero attached hydrogens (tertiary/aromatic N) is 2. The fraction of sp³-hybridized carbons (Fsp3) is 0.524. The molecule has 26 heavy (non-hydrogen) atoms. The van der Waals surface area contributed by atoms with Gasteiger partial charge in [-0.05, 0) is 51.3 Å². The second kappa shape index (κ2) is 9.10. The van der Waals surface area contributed by atoms with Gasteiger partial charge in [0, 0.05) is 26.2 Å². The molecule has 0 fully saturated rings. The van der Waals surface area contributed by atoms with Gasteiger partial charge in [0.2, 0.25) is 5.88 Å². The molecule has 0 saturated heterocycles. The van der Waals surface area contributed by atoms with Gasteiger partial charge in [0.1, 0.15) is 11.9 Å². The van der Waals surface area contributed by atoms with Crippen molar-refractivity contribution in [2.75, 3.05) is 27.4 Å². The molecular weight excluding hydrogens is 328 g/mol. The van der Waals surface area contributed by atoms with Crippen LogP contribution >= 0.6 is 0 Å². The summed E-state index contributed by atoms with van der Waals surface area (Å²) in [5, 5.41) is 0. The van der Waals surface area contributed by atoms with Crippen molar-refractivity contribution in [2.24, 2.45) is 0 Å². The molecule has 0 bridgehead atoms. The van der Waals surface area contributed by atoms with Crippen LogP contribution < -0.4 is 4.74 Å². The second-order valence-corrected chi connectivity index (χ2v) is 6.85. The molecule has 0 aliphatic heterocycles. The number of methoxy groups -OCH3 is 2. The van der Waals surface area contributed by atoms with Crippen LogP contribution in [0.25, 0.3) is 0 Å². The minimum absolute atomic E-state index is 0.200. The number of aryl methyl sites for hydroxylation is 4. The molecule has 0 radical (unpaired) electrons. The summed E-state index contributed by atoms with van der Waals surface area (Å²) in [5.74, 6) is 1.31. The number of ether oxygens (including phenoxy) is 3. The minimum atomic E-state index is -0.200. The first kappa shape index (κ1) is 20.3. The fourth-order valence-corrected chi connectivity index (χ4v) is 3.25. The highest BCUT2D eigenvalue weighted by atomic mass is 16.6. The third-order valence-corrected chi connectivity index (χ3v) is 4.48. The van der Waals surface area contributed by atoms with Crippen LogP contribution in [0.3, 0.4) is 0 Å². The molecule has 5 heteroatoms. The number of aromatic nitrogens is 2. The lowest BCUT2D eigenvalue weighted by molar-refractivity contribution is 0.0215. The Labute approximate surface area is 156 Å². The molecule has 0 spiro atoms. The van der Waals surface area contributed by atoms with Crippen molar-refractivity contribution in [3.05, 3.63) is 51.5 Å². The first-order valence-electron chi connectivity index (χ1n) is 8.91. The molecule has 0 aliphatic rings. The second-order valence-electron chi connectivity index (χ2n) is 6.85. The zero-order valence-corrected chi connectivity index (χ0v) is 17.0. The van der Waals surface area contributed by atoms with E-state index in [9.17, 15) is 0 Å². The van der Waals surface area contributed by atoms with Crippen LogP contribution in [0.4, 0.5) is 0 Å². The van der Waals surface area contributed by atoms with Gasteiger partial charge in [-0.1, -0.05) is 17.7 Å². The van der Waals surface area contributed by atoms with E-state index in [2.05, 4.69) is 42.9 Å². The molecule has 0 saturated carbocycles. The highest BCUT2D eigenvalue weighted by Gasteiger charge is 2.17. The summed E-state index contributed by atoms with van der Waals surface area (Å²) in [6.45, 7) is 11.2. The van der Waals surface area contributed by atoms with Gasteiger partial charge in [-0.3, -0.25) is 0 Å². The molecule has 1 aromatic carbocycles. The lowest BCUT2D eigenvalue weighted by atomic mass is 9.95. The first-order chi connectivity index (χ1) is 12.3. The van der Waals surface area contributed by atoms with Crippen LogP contribution in [0.2, 0.25) is 0 Å². The average Bonchev–Trinajstić information content (AvgIpc) is 2.55. The molecule has 1 heterocycles. The molecular formula is C21H30N2O3. The molecule has 0 unspecified atom stereocenters. The quantitative estimate of drug-likeness (QED) is 0.721. The van der Waals surface area contributed by atoms with E-state index in [0.29, 0.717) is 24.9 Å². The van der Waals surface area contributed by atoms with Gasteiger partial charge >= 0.3 is 0 Å². The standard InChI is InChI=1S/C21H30N2O3/c1-13-8-14(2)19(15(3)9-13)10-20-16(4)21(23-17(5)22-20)26-18(11-24-6)12-25-7/h8-9,18H,10-12H2,1-7H3. The molecule has 142 valence electrons. The molecule has 2 rings (SSSR count). The number of rotatable bonds is 8. The van der Waals surface area contributed by atoms with Gasteiger partial charge in [0.05, 0.1) is 18.9 Å². The molecule has 0 N–H and O–H groups in total. The van der Waals surface area contributed by atoms with E-state index >= 15 is 0 Å². The molecule has 0 amide bonds. The number of hydrogen-bond donors (Lipinski definition) is 0. The number of benzene rings is 1. The topological polar surface area (TPSA) is 53.5 Å². The van der Waals surface area contributed by atoms with Gasteiger partial charge in [-0.15, -0.1) is 0 Å². The van der Waals surface area contributed by atoms with Crippen molar-refractivity contribution in [1.82, 2.24) is 9.97 Å². The largest absolute Gasteiger partial charge is 0.469 e. The maximum Gasteiger partial charge on any atom is 0.220 e. The third kappa shape index (κ3) is 5.02. The molecule has 5 nitrogen and oxygen atoms in total. The van der Waals surface area contributed by atoms with Gasteiger partial charge in [-0.25, -0.2) is 4.98 Å². The molecule has 0 atom stereocenters. The van der Waals surface area contributed by atoms with Crippen LogP contribution in [0.5, 0.6) is 5.88 Å². The summed E-state index contributed by atoms with van der Waals surface area (Å²) in [6, 6.07) is 4.44. The lowest BCUT2D eigenvalue weighted by Gasteiger charge is -2.20. The van der Waals surface area contributed by atoms with Crippen LogP contribution in [0, 0.1) is 34.6 Å². The normalized spacial score (nSPS) is 11.2. The lowest BCUT2D eigenvalue weighted by Crippen LogP contribution is -2.28. The maximum atomic E-state index is 6.06. The van der Waals surface area contributed by atoms with Crippen molar-refractivity contribution in [2.45, 2.75) is 47.1 Å². The molecule has 0 aliphatic carbocycles. The van der Waals surface area contributed by atoms with E-state index in [1.165, 1.54) is 22.3 Å². The Hall–Kier alpha value is -1.98. The predicted octanol–water partition coefficient (Wildman–Crippen LogP) is 3.65. The van der Waals surface area contributed by atoms with Crippen molar-refractivity contribution in [3.8, 4) is 5.88 Å². The molecule has 1 aromatic heterocycles. The van der Waals surface area contributed by atoms with Crippen molar-refractivity contribution in [1.29, 1.82) is 0 Å². The first-order valence-corrected chi connectivity index (χ1v) is 8.91. The highest BCUT2D eigenvalue weighted by Crippen LogP contribution is 2.25. The SMILES string of the molecule is COCC(COC)Oc1nc(C)nc(Cc2c(C)cc(C)cc2C)c1C. The van der Waals surface area contributed by atoms with Crippen LogP contribution in [-0.2, 0) is 15.9 Å². The minimum Gasteiger partial charge on any atom is -0.469 e. The Kier molecular flexibility index (Phi) is 7.12. The zero-order valence-electron chi connectivity index (χ0n) is 17.0. The van der Waals surface area contributed by atoms with E-state index in [0.717, 1.165) is 17.7 Å². The Morgan fingerprint density at radius 1 is 0.885 bits per heavy atom. The zero-order chi connectivity index (χ0) is 19.3. The summed E-state index contributed by atoms with van der Waals surface area (Å²) in [4.78, 5) is 9.17. The summed E-state index contributed by atoms with van der Waals surface area (Å²) in [7, 11) is 3.30. The van der Waals surface area contributed by atoms with Gasteiger partial charge < -0.3 is 14.2 Å². The predicted molar refractivity (Wildman–Crippen MR) is 103 cm³/mol. The van der Waals surface area contributed by atoms with E-state index < -0.39 is 0 Å². The Morgan fingerprint density at radius 2 is 1.46 bits per heavy atom. The summed E-state index contributed by atoms with van der Waals surface area (Å²) >= 11 is 0. The fourth-order valence-electron chi connectivity index (χ4n) is 3.25. The summed E-state index contributed by atoms with van der Waals surface area (Å²) < 4.78 is 16.5. The van der Waals surface area contributed by atoms with E-state index in [4.69, 9.17) is 14.2 Å². The van der Waals surface area contributed by atoms with Gasteiger partial charge in [0.25, 0.3) is 0 Å². The van der Waals surface area contributed by atoms with Crippen molar-refractivity contribution >= 4 is 0 Å². The Balaban J connectivity index is 2.35. The van der Waals surface area contributed by atoms with Gasteiger partial charge in [-0.2, -0.15) is 4.98 Å². The van der Waals surface area contributed by atoms with E-state index in [-0.39, 0.29) is 6.10 Å². The monoisotopic (exact) mass is 358 g/mol. The van der Waals surface area contributed by atoms with E-state index in [1.54, 1.807) is 14.2 Å². The van der Waals surface area contributed by atoms with Crippen LogP contribution in [0.1, 0.15) is 39.3 Å². The van der Waals surface area contributed by atoms with Crippen molar-refractivity contribution in [3.63, 3.8) is 0 Å². The maximum absolute atomic E-state index is 6.06.